The first kappa shape index (κ1) is 14.8. The minimum Gasteiger partial charge on any atom is -0.427 e. The molecule has 0 aliphatic carbocycles. The fourth-order valence-corrected chi connectivity index (χ4v) is 1.83. The van der Waals surface area contributed by atoms with Gasteiger partial charge in [-0.1, -0.05) is 25.1 Å². The van der Waals surface area contributed by atoms with E-state index in [1.807, 2.05) is 30.3 Å². The van der Waals surface area contributed by atoms with Crippen molar-refractivity contribution in [2.45, 2.75) is 13.3 Å². The van der Waals surface area contributed by atoms with Crippen molar-refractivity contribution < 1.29 is 14.3 Å². The Morgan fingerprint density at radius 3 is 2.19 bits per heavy atom. The third-order valence-electron chi connectivity index (χ3n) is 3.07. The molecule has 0 aliphatic rings. The predicted molar refractivity (Wildman–Crippen MR) is 81.5 cm³/mol. The molecular weight excluding hydrogens is 266 g/mol. The van der Waals surface area contributed by atoms with Crippen LogP contribution in [0.15, 0.2) is 54.6 Å². The Labute approximate surface area is 124 Å². The molecule has 0 heterocycles. The second-order valence-corrected chi connectivity index (χ2v) is 4.55. The second kappa shape index (κ2) is 6.70. The van der Waals surface area contributed by atoms with Crippen LogP contribution in [0.3, 0.4) is 0 Å². The standard InChI is InChI=1S/C17H17NO3/c1-3-16(19)21-15-11-9-13(10-12-15)17(20)18(2)14-7-5-4-6-8-14/h4-12H,3H2,1-2H3. The van der Waals surface area contributed by atoms with E-state index < -0.39 is 0 Å². The number of hydrogen-bond acceptors (Lipinski definition) is 3. The average molecular weight is 283 g/mol. The summed E-state index contributed by atoms with van der Waals surface area (Å²) in [4.78, 5) is 25.1. The zero-order chi connectivity index (χ0) is 15.2. The highest BCUT2D eigenvalue weighted by atomic mass is 16.5. The summed E-state index contributed by atoms with van der Waals surface area (Å²) >= 11 is 0. The van der Waals surface area contributed by atoms with Gasteiger partial charge in [0.25, 0.3) is 5.91 Å². The number of hydrogen-bond donors (Lipinski definition) is 0. The SMILES string of the molecule is CCC(=O)Oc1ccc(C(=O)N(C)c2ccccc2)cc1. The van der Waals surface area contributed by atoms with E-state index in [-0.39, 0.29) is 11.9 Å². The van der Waals surface area contributed by atoms with E-state index >= 15 is 0 Å². The zero-order valence-electron chi connectivity index (χ0n) is 12.1. The van der Waals surface area contributed by atoms with Gasteiger partial charge in [0.2, 0.25) is 0 Å². The Balaban J connectivity index is 2.11. The zero-order valence-corrected chi connectivity index (χ0v) is 12.1. The summed E-state index contributed by atoms with van der Waals surface area (Å²) in [5.74, 6) is 0.0332. The van der Waals surface area contributed by atoms with Crippen molar-refractivity contribution in [2.24, 2.45) is 0 Å². The summed E-state index contributed by atoms with van der Waals surface area (Å²) in [6.07, 6.45) is 0.317. The number of ether oxygens (including phenoxy) is 1. The van der Waals surface area contributed by atoms with Gasteiger partial charge in [0, 0.05) is 24.7 Å². The molecule has 0 atom stereocenters. The van der Waals surface area contributed by atoms with Crippen LogP contribution in [0.1, 0.15) is 23.7 Å². The molecule has 2 aromatic carbocycles. The highest BCUT2D eigenvalue weighted by Crippen LogP contribution is 2.17. The fraction of sp³-hybridized carbons (Fsp3) is 0.176. The van der Waals surface area contributed by atoms with Crippen molar-refractivity contribution in [3.63, 3.8) is 0 Å². The summed E-state index contributed by atoms with van der Waals surface area (Å²) in [5, 5.41) is 0. The monoisotopic (exact) mass is 283 g/mol. The molecule has 4 heteroatoms. The minimum absolute atomic E-state index is 0.116. The van der Waals surface area contributed by atoms with Crippen LogP contribution in [-0.4, -0.2) is 18.9 Å². The van der Waals surface area contributed by atoms with E-state index in [0.29, 0.717) is 17.7 Å². The molecule has 0 saturated heterocycles. The minimum atomic E-state index is -0.296. The summed E-state index contributed by atoms with van der Waals surface area (Å²) in [7, 11) is 1.72. The summed E-state index contributed by atoms with van der Waals surface area (Å²) < 4.78 is 5.08. The lowest BCUT2D eigenvalue weighted by atomic mass is 10.2. The molecule has 0 fully saturated rings. The van der Waals surface area contributed by atoms with E-state index in [1.54, 1.807) is 43.1 Å². The van der Waals surface area contributed by atoms with Crippen LogP contribution in [0.25, 0.3) is 0 Å². The van der Waals surface area contributed by atoms with Crippen molar-refractivity contribution in [3.05, 3.63) is 60.2 Å². The molecular formula is C17H17NO3. The number of amides is 1. The number of nitrogens with zero attached hydrogens (tertiary/aromatic N) is 1. The van der Waals surface area contributed by atoms with Crippen LogP contribution >= 0.6 is 0 Å². The van der Waals surface area contributed by atoms with Crippen LogP contribution in [0.4, 0.5) is 5.69 Å². The lowest BCUT2D eigenvalue weighted by Crippen LogP contribution is -2.26. The number of benzene rings is 2. The van der Waals surface area contributed by atoms with Gasteiger partial charge in [-0.25, -0.2) is 0 Å². The maximum absolute atomic E-state index is 12.4. The molecule has 21 heavy (non-hydrogen) atoms. The van der Waals surface area contributed by atoms with Crippen LogP contribution in [-0.2, 0) is 4.79 Å². The molecule has 4 nitrogen and oxygen atoms in total. The van der Waals surface area contributed by atoms with E-state index in [4.69, 9.17) is 4.74 Å². The molecule has 108 valence electrons. The van der Waals surface area contributed by atoms with Crippen LogP contribution in [0, 0.1) is 0 Å². The average Bonchev–Trinajstić information content (AvgIpc) is 2.55. The predicted octanol–water partition coefficient (Wildman–Crippen LogP) is 3.28. The van der Waals surface area contributed by atoms with Gasteiger partial charge in [-0.3, -0.25) is 9.59 Å². The van der Waals surface area contributed by atoms with Crippen molar-refractivity contribution in [3.8, 4) is 5.75 Å². The first-order chi connectivity index (χ1) is 10.1. The summed E-state index contributed by atoms with van der Waals surface area (Å²) in [6, 6.07) is 16.0. The third-order valence-corrected chi connectivity index (χ3v) is 3.07. The summed E-state index contributed by atoms with van der Waals surface area (Å²) in [5.41, 5.74) is 1.36. The Bertz CT molecular complexity index is 620. The van der Waals surface area contributed by atoms with Crippen molar-refractivity contribution in [1.82, 2.24) is 0 Å². The topological polar surface area (TPSA) is 46.6 Å². The Kier molecular flexibility index (Phi) is 4.72. The normalized spacial score (nSPS) is 10.0. The highest BCUT2D eigenvalue weighted by Gasteiger charge is 2.13. The largest absolute Gasteiger partial charge is 0.427 e. The fourth-order valence-electron chi connectivity index (χ4n) is 1.83. The molecule has 0 spiro atoms. The van der Waals surface area contributed by atoms with Gasteiger partial charge in [-0.2, -0.15) is 0 Å². The number of carbonyl (C=O) groups excluding carboxylic acids is 2. The number of carbonyl (C=O) groups is 2. The molecule has 0 unspecified atom stereocenters. The van der Waals surface area contributed by atoms with Gasteiger partial charge in [0.05, 0.1) is 0 Å². The van der Waals surface area contributed by atoms with Gasteiger partial charge in [0.1, 0.15) is 5.75 Å². The summed E-state index contributed by atoms with van der Waals surface area (Å²) in [6.45, 7) is 1.73. The van der Waals surface area contributed by atoms with Crippen LogP contribution in [0.2, 0.25) is 0 Å². The Morgan fingerprint density at radius 1 is 1.00 bits per heavy atom. The molecule has 0 aliphatic heterocycles. The molecule has 0 radical (unpaired) electrons. The molecule has 1 amide bonds. The Hall–Kier alpha value is -2.62. The van der Waals surface area contributed by atoms with Gasteiger partial charge >= 0.3 is 5.97 Å². The van der Waals surface area contributed by atoms with E-state index in [1.165, 1.54) is 0 Å². The van der Waals surface area contributed by atoms with Crippen molar-refractivity contribution in [1.29, 1.82) is 0 Å². The van der Waals surface area contributed by atoms with Crippen molar-refractivity contribution in [2.75, 3.05) is 11.9 Å². The lowest BCUT2D eigenvalue weighted by Gasteiger charge is -2.17. The highest BCUT2D eigenvalue weighted by molar-refractivity contribution is 6.05. The second-order valence-electron chi connectivity index (χ2n) is 4.55. The first-order valence-electron chi connectivity index (χ1n) is 6.75. The number of anilines is 1. The van der Waals surface area contributed by atoms with Gasteiger partial charge in [-0.05, 0) is 36.4 Å². The first-order valence-corrected chi connectivity index (χ1v) is 6.75. The Morgan fingerprint density at radius 2 is 1.62 bits per heavy atom. The maximum atomic E-state index is 12.4. The number of esters is 1. The smallest absolute Gasteiger partial charge is 0.310 e. The molecule has 0 aromatic heterocycles. The number of rotatable bonds is 4. The maximum Gasteiger partial charge on any atom is 0.310 e. The molecule has 0 N–H and O–H groups in total. The number of para-hydroxylation sites is 1. The molecule has 2 aromatic rings. The van der Waals surface area contributed by atoms with Gasteiger partial charge < -0.3 is 9.64 Å². The molecule has 0 saturated carbocycles. The van der Waals surface area contributed by atoms with Gasteiger partial charge in [0.15, 0.2) is 0 Å². The van der Waals surface area contributed by atoms with E-state index in [2.05, 4.69) is 0 Å². The van der Waals surface area contributed by atoms with Gasteiger partial charge in [-0.15, -0.1) is 0 Å². The van der Waals surface area contributed by atoms with E-state index in [9.17, 15) is 9.59 Å². The van der Waals surface area contributed by atoms with Crippen LogP contribution in [0.5, 0.6) is 5.75 Å². The van der Waals surface area contributed by atoms with Crippen LogP contribution < -0.4 is 9.64 Å². The third kappa shape index (κ3) is 3.69. The quantitative estimate of drug-likeness (QED) is 0.639. The molecule has 0 bridgehead atoms. The van der Waals surface area contributed by atoms with E-state index in [0.717, 1.165) is 5.69 Å². The molecule has 2 rings (SSSR count). The lowest BCUT2D eigenvalue weighted by molar-refractivity contribution is -0.134. The van der Waals surface area contributed by atoms with Crippen molar-refractivity contribution >= 4 is 17.6 Å².